The van der Waals surface area contributed by atoms with Crippen molar-refractivity contribution >= 4 is 22.6 Å². The monoisotopic (exact) mass is 333 g/mol. The van der Waals surface area contributed by atoms with Crippen LogP contribution in [-0.2, 0) is 6.61 Å². The number of aliphatic hydroxyl groups is 1. The van der Waals surface area contributed by atoms with Gasteiger partial charge in [-0.1, -0.05) is 0 Å². The molecule has 0 aliphatic rings. The third kappa shape index (κ3) is 3.49. The molecule has 0 atom stereocenters. The summed E-state index contributed by atoms with van der Waals surface area (Å²) >= 11 is 1.90. The zero-order valence-electron chi connectivity index (χ0n) is 7.60. The Labute approximate surface area is 97.4 Å². The number of aromatic nitrogens is 1. The van der Waals surface area contributed by atoms with E-state index in [0.717, 1.165) is 6.07 Å². The second kappa shape index (κ2) is 4.52. The van der Waals surface area contributed by atoms with E-state index in [0.29, 0.717) is 14.8 Å². The largest absolute Gasteiger partial charge is 0.574 e. The van der Waals surface area contributed by atoms with Crippen molar-refractivity contribution in [3.8, 4) is 5.88 Å². The highest BCUT2D eigenvalue weighted by atomic mass is 127. The summed E-state index contributed by atoms with van der Waals surface area (Å²) in [6.07, 6.45) is -4.76. The average Bonchev–Trinajstić information content (AvgIpc) is 2.08. The Hall–Kier alpha value is -0.570. The molecule has 15 heavy (non-hydrogen) atoms. The van der Waals surface area contributed by atoms with Gasteiger partial charge in [0.05, 0.1) is 12.3 Å². The quantitative estimate of drug-likeness (QED) is 0.845. The summed E-state index contributed by atoms with van der Waals surface area (Å²) in [5, 5.41) is 8.90. The highest BCUT2D eigenvalue weighted by Gasteiger charge is 2.32. The SMILES string of the molecule is Cc1nc(OC(F)(F)F)cc(CO)c1I. The first-order valence-corrected chi connectivity index (χ1v) is 4.94. The number of hydrogen-bond acceptors (Lipinski definition) is 3. The Bertz CT molecular complexity index is 368. The molecular formula is C8H7F3INO2. The van der Waals surface area contributed by atoms with E-state index in [9.17, 15) is 13.2 Å². The Morgan fingerprint density at radius 3 is 2.60 bits per heavy atom. The maximum atomic E-state index is 11.9. The molecule has 1 rings (SSSR count). The van der Waals surface area contributed by atoms with Gasteiger partial charge in [0.15, 0.2) is 0 Å². The zero-order chi connectivity index (χ0) is 11.6. The summed E-state index contributed by atoms with van der Waals surface area (Å²) in [6, 6.07) is 1.07. The molecular weight excluding hydrogens is 326 g/mol. The Morgan fingerprint density at radius 2 is 2.13 bits per heavy atom. The summed E-state index contributed by atoms with van der Waals surface area (Å²) < 4.78 is 39.9. The molecule has 0 saturated heterocycles. The maximum Gasteiger partial charge on any atom is 0.574 e. The van der Waals surface area contributed by atoms with Crippen LogP contribution in [0.15, 0.2) is 6.07 Å². The Balaban J connectivity index is 3.06. The van der Waals surface area contributed by atoms with Gasteiger partial charge < -0.3 is 9.84 Å². The van der Waals surface area contributed by atoms with E-state index in [2.05, 4.69) is 9.72 Å². The number of ether oxygens (including phenoxy) is 1. The first kappa shape index (κ1) is 12.5. The number of aryl methyl sites for hydroxylation is 1. The summed E-state index contributed by atoms with van der Waals surface area (Å²) in [5.74, 6) is -0.551. The van der Waals surface area contributed by atoms with E-state index in [-0.39, 0.29) is 6.61 Å². The highest BCUT2D eigenvalue weighted by molar-refractivity contribution is 14.1. The molecule has 7 heteroatoms. The molecule has 0 unspecified atom stereocenters. The molecule has 0 aromatic carbocycles. The fourth-order valence-corrected chi connectivity index (χ4v) is 1.42. The molecule has 0 aliphatic heterocycles. The lowest BCUT2D eigenvalue weighted by atomic mass is 10.2. The Morgan fingerprint density at radius 1 is 1.53 bits per heavy atom. The molecule has 3 nitrogen and oxygen atoms in total. The van der Waals surface area contributed by atoms with Gasteiger partial charge in [0, 0.05) is 9.64 Å². The lowest BCUT2D eigenvalue weighted by Crippen LogP contribution is -2.18. The number of pyridine rings is 1. The van der Waals surface area contributed by atoms with Crippen molar-refractivity contribution in [3.05, 3.63) is 20.9 Å². The van der Waals surface area contributed by atoms with Crippen LogP contribution in [0.3, 0.4) is 0 Å². The summed E-state index contributed by atoms with van der Waals surface area (Å²) in [5.41, 5.74) is 0.753. The average molecular weight is 333 g/mol. The van der Waals surface area contributed by atoms with Crippen molar-refractivity contribution in [2.75, 3.05) is 0 Å². The molecule has 84 valence electrons. The summed E-state index contributed by atoms with van der Waals surface area (Å²) in [4.78, 5) is 3.61. The fraction of sp³-hybridized carbons (Fsp3) is 0.375. The van der Waals surface area contributed by atoms with E-state index in [1.807, 2.05) is 22.6 Å². The number of hydrogen-bond donors (Lipinski definition) is 1. The van der Waals surface area contributed by atoms with Gasteiger partial charge in [0.2, 0.25) is 5.88 Å². The van der Waals surface area contributed by atoms with Crippen LogP contribution in [0.1, 0.15) is 11.3 Å². The van der Waals surface area contributed by atoms with Crippen LogP contribution in [0.2, 0.25) is 0 Å². The van der Waals surface area contributed by atoms with Gasteiger partial charge in [-0.3, -0.25) is 0 Å². The van der Waals surface area contributed by atoms with Gasteiger partial charge in [-0.15, -0.1) is 13.2 Å². The topological polar surface area (TPSA) is 42.4 Å². The molecule has 1 aromatic rings. The van der Waals surface area contributed by atoms with Crippen LogP contribution in [0.4, 0.5) is 13.2 Å². The van der Waals surface area contributed by atoms with Crippen molar-refractivity contribution in [3.63, 3.8) is 0 Å². The number of aliphatic hydroxyl groups excluding tert-OH is 1. The van der Waals surface area contributed by atoms with Crippen molar-refractivity contribution < 1.29 is 23.0 Å². The van der Waals surface area contributed by atoms with Gasteiger partial charge in [0.1, 0.15) is 0 Å². The lowest BCUT2D eigenvalue weighted by Gasteiger charge is -2.11. The van der Waals surface area contributed by atoms with Gasteiger partial charge in [-0.25, -0.2) is 4.98 Å². The fourth-order valence-electron chi connectivity index (χ4n) is 0.977. The zero-order valence-corrected chi connectivity index (χ0v) is 9.76. The van der Waals surface area contributed by atoms with Gasteiger partial charge in [-0.2, -0.15) is 0 Å². The minimum atomic E-state index is -4.76. The minimum Gasteiger partial charge on any atom is -0.392 e. The van der Waals surface area contributed by atoms with Gasteiger partial charge in [-0.05, 0) is 35.1 Å². The van der Waals surface area contributed by atoms with Gasteiger partial charge >= 0.3 is 6.36 Å². The number of rotatable bonds is 2. The third-order valence-corrected chi connectivity index (χ3v) is 3.04. The molecule has 0 radical (unpaired) electrons. The normalized spacial score (nSPS) is 11.6. The lowest BCUT2D eigenvalue weighted by molar-refractivity contribution is -0.276. The number of nitrogens with zero attached hydrogens (tertiary/aromatic N) is 1. The molecule has 1 heterocycles. The summed E-state index contributed by atoms with van der Waals surface area (Å²) in [7, 11) is 0. The second-order valence-corrected chi connectivity index (χ2v) is 3.80. The molecule has 1 aromatic heterocycles. The van der Waals surface area contributed by atoms with Gasteiger partial charge in [0.25, 0.3) is 0 Å². The number of alkyl halides is 3. The molecule has 0 saturated carbocycles. The van der Waals surface area contributed by atoms with E-state index < -0.39 is 12.2 Å². The third-order valence-electron chi connectivity index (χ3n) is 1.57. The van der Waals surface area contributed by atoms with Crippen molar-refractivity contribution in [2.45, 2.75) is 19.9 Å². The predicted octanol–water partition coefficient (Wildman–Crippen LogP) is 2.39. The first-order chi connectivity index (χ1) is 6.83. The van der Waals surface area contributed by atoms with Crippen LogP contribution in [-0.4, -0.2) is 16.5 Å². The van der Waals surface area contributed by atoms with Crippen LogP contribution in [0, 0.1) is 10.5 Å². The Kier molecular flexibility index (Phi) is 3.77. The van der Waals surface area contributed by atoms with Crippen LogP contribution < -0.4 is 4.74 Å². The standard InChI is InChI=1S/C8H7F3INO2/c1-4-7(12)5(3-14)2-6(13-4)15-8(9,10)11/h2,14H,3H2,1H3. The molecule has 0 amide bonds. The number of halogens is 4. The molecule has 0 spiro atoms. The van der Waals surface area contributed by atoms with E-state index in [1.54, 1.807) is 6.92 Å². The summed E-state index contributed by atoms with van der Waals surface area (Å²) in [6.45, 7) is 1.19. The van der Waals surface area contributed by atoms with Crippen molar-refractivity contribution in [1.82, 2.24) is 4.98 Å². The van der Waals surface area contributed by atoms with Crippen LogP contribution in [0.25, 0.3) is 0 Å². The molecule has 1 N–H and O–H groups in total. The van der Waals surface area contributed by atoms with Crippen molar-refractivity contribution in [2.24, 2.45) is 0 Å². The first-order valence-electron chi connectivity index (χ1n) is 3.86. The van der Waals surface area contributed by atoms with E-state index >= 15 is 0 Å². The van der Waals surface area contributed by atoms with Crippen molar-refractivity contribution in [1.29, 1.82) is 0 Å². The second-order valence-electron chi connectivity index (χ2n) is 2.72. The smallest absolute Gasteiger partial charge is 0.392 e. The molecule has 0 aliphatic carbocycles. The molecule has 0 bridgehead atoms. The van der Waals surface area contributed by atoms with E-state index in [1.165, 1.54) is 0 Å². The minimum absolute atomic E-state index is 0.351. The van der Waals surface area contributed by atoms with Crippen LogP contribution in [0.5, 0.6) is 5.88 Å². The highest BCUT2D eigenvalue weighted by Crippen LogP contribution is 2.25. The maximum absolute atomic E-state index is 11.9. The van der Waals surface area contributed by atoms with Crippen LogP contribution >= 0.6 is 22.6 Å². The molecule has 0 fully saturated rings. The van der Waals surface area contributed by atoms with E-state index in [4.69, 9.17) is 5.11 Å². The predicted molar refractivity (Wildman–Crippen MR) is 54.3 cm³/mol.